The van der Waals surface area contributed by atoms with Crippen molar-refractivity contribution in [2.45, 2.75) is 19.8 Å². The molecule has 0 aliphatic heterocycles. The third kappa shape index (κ3) is 4.38. The first kappa shape index (κ1) is 13.9. The van der Waals surface area contributed by atoms with Crippen molar-refractivity contribution in [1.29, 1.82) is 5.26 Å². The second-order valence-electron chi connectivity index (χ2n) is 3.60. The molecule has 0 N–H and O–H groups in total. The largest absolute Gasteiger partial charge is 0.463 e. The quantitative estimate of drug-likeness (QED) is 0.593. The highest BCUT2D eigenvalue weighted by Gasteiger charge is 2.10. The molecule has 18 heavy (non-hydrogen) atoms. The Labute approximate surface area is 105 Å². The topological polar surface area (TPSA) is 50.1 Å². The average Bonchev–Trinajstić information content (AvgIpc) is 2.37. The fourth-order valence-corrected chi connectivity index (χ4v) is 1.41. The first-order chi connectivity index (χ1) is 8.67. The fourth-order valence-electron chi connectivity index (χ4n) is 1.41. The van der Waals surface area contributed by atoms with Gasteiger partial charge >= 0.3 is 5.97 Å². The molecule has 0 bridgehead atoms. The van der Waals surface area contributed by atoms with Gasteiger partial charge in [0.25, 0.3) is 0 Å². The molecule has 0 saturated carbocycles. The van der Waals surface area contributed by atoms with Crippen LogP contribution in [0, 0.1) is 17.1 Å². The van der Waals surface area contributed by atoms with Crippen LogP contribution in [-0.2, 0) is 9.53 Å². The van der Waals surface area contributed by atoms with Crippen LogP contribution in [0.3, 0.4) is 0 Å². The highest BCUT2D eigenvalue weighted by Crippen LogP contribution is 2.14. The maximum absolute atomic E-state index is 12.8. The Bertz CT molecular complexity index is 472. The van der Waals surface area contributed by atoms with Gasteiger partial charge in [0.2, 0.25) is 0 Å². The number of nitrogens with zero attached hydrogens (tertiary/aromatic N) is 1. The Kier molecular flexibility index (Phi) is 5.59. The molecule has 1 rings (SSSR count). The van der Waals surface area contributed by atoms with E-state index in [0.29, 0.717) is 17.6 Å². The average molecular weight is 247 g/mol. The van der Waals surface area contributed by atoms with E-state index in [9.17, 15) is 9.18 Å². The van der Waals surface area contributed by atoms with Crippen LogP contribution in [0.4, 0.5) is 4.39 Å². The molecule has 1 aromatic carbocycles. The van der Waals surface area contributed by atoms with Gasteiger partial charge in [0, 0.05) is 12.0 Å². The van der Waals surface area contributed by atoms with Crippen LogP contribution in [0.2, 0.25) is 0 Å². The summed E-state index contributed by atoms with van der Waals surface area (Å²) in [5.74, 6) is -0.765. The van der Waals surface area contributed by atoms with Crippen molar-refractivity contribution in [2.75, 3.05) is 6.61 Å². The van der Waals surface area contributed by atoms with Gasteiger partial charge < -0.3 is 4.74 Å². The molecule has 0 spiro atoms. The molecule has 0 radical (unpaired) electrons. The summed E-state index contributed by atoms with van der Waals surface area (Å²) in [4.78, 5) is 11.6. The molecule has 0 aliphatic rings. The number of rotatable bonds is 5. The van der Waals surface area contributed by atoms with Gasteiger partial charge in [-0.25, -0.2) is 9.18 Å². The molecule has 0 aromatic heterocycles. The molecule has 3 nitrogen and oxygen atoms in total. The van der Waals surface area contributed by atoms with E-state index in [2.05, 4.69) is 0 Å². The zero-order valence-electron chi connectivity index (χ0n) is 10.1. The maximum Gasteiger partial charge on any atom is 0.334 e. The van der Waals surface area contributed by atoms with Crippen molar-refractivity contribution in [1.82, 2.24) is 0 Å². The highest BCUT2D eigenvalue weighted by atomic mass is 19.1. The van der Waals surface area contributed by atoms with Gasteiger partial charge in [-0.05, 0) is 37.1 Å². The van der Waals surface area contributed by atoms with Crippen LogP contribution >= 0.6 is 0 Å². The molecule has 0 unspecified atom stereocenters. The minimum Gasteiger partial charge on any atom is -0.463 e. The SMILES string of the molecule is CCOC(=O)/C(=C/c1ccc(F)cc1)CCC#N. The first-order valence-electron chi connectivity index (χ1n) is 5.67. The molecular formula is C14H14FNO2. The number of carbonyl (C=O) groups excluding carboxylic acids is 1. The van der Waals surface area contributed by atoms with Crippen molar-refractivity contribution < 1.29 is 13.9 Å². The fraction of sp³-hybridized carbons (Fsp3) is 0.286. The Balaban J connectivity index is 2.90. The smallest absolute Gasteiger partial charge is 0.334 e. The Hall–Kier alpha value is -2.15. The molecule has 1 aromatic rings. The summed E-state index contributed by atoms with van der Waals surface area (Å²) in [5.41, 5.74) is 1.13. The Morgan fingerprint density at radius 1 is 1.44 bits per heavy atom. The molecule has 0 saturated heterocycles. The lowest BCUT2D eigenvalue weighted by molar-refractivity contribution is -0.138. The van der Waals surface area contributed by atoms with Crippen LogP contribution in [-0.4, -0.2) is 12.6 Å². The Morgan fingerprint density at radius 2 is 2.11 bits per heavy atom. The molecule has 0 amide bonds. The summed E-state index contributed by atoms with van der Waals surface area (Å²) in [7, 11) is 0. The number of benzene rings is 1. The molecular weight excluding hydrogens is 233 g/mol. The minimum atomic E-state index is -0.433. The summed E-state index contributed by atoms with van der Waals surface area (Å²) in [6.07, 6.45) is 2.19. The van der Waals surface area contributed by atoms with Crippen LogP contribution in [0.15, 0.2) is 29.8 Å². The number of esters is 1. The van der Waals surface area contributed by atoms with Crippen molar-refractivity contribution >= 4 is 12.0 Å². The van der Waals surface area contributed by atoms with Gasteiger partial charge in [-0.1, -0.05) is 12.1 Å². The summed E-state index contributed by atoms with van der Waals surface area (Å²) in [5, 5.41) is 8.55. The minimum absolute atomic E-state index is 0.242. The number of halogens is 1. The molecule has 94 valence electrons. The predicted octanol–water partition coefficient (Wildman–Crippen LogP) is 3.08. The highest BCUT2D eigenvalue weighted by molar-refractivity contribution is 5.93. The summed E-state index contributed by atoms with van der Waals surface area (Å²) in [6, 6.07) is 7.76. The zero-order chi connectivity index (χ0) is 13.4. The van der Waals surface area contributed by atoms with Gasteiger partial charge in [0.05, 0.1) is 12.7 Å². The van der Waals surface area contributed by atoms with Gasteiger partial charge in [-0.3, -0.25) is 0 Å². The third-order valence-electron chi connectivity index (χ3n) is 2.25. The van der Waals surface area contributed by atoms with Crippen LogP contribution < -0.4 is 0 Å². The lowest BCUT2D eigenvalue weighted by Crippen LogP contribution is -2.07. The van der Waals surface area contributed by atoms with E-state index in [0.717, 1.165) is 0 Å². The lowest BCUT2D eigenvalue weighted by Gasteiger charge is -2.05. The normalized spacial score (nSPS) is 10.8. The number of hydrogen-bond acceptors (Lipinski definition) is 3. The van der Waals surface area contributed by atoms with Crippen LogP contribution in [0.5, 0.6) is 0 Å². The van der Waals surface area contributed by atoms with E-state index in [1.54, 1.807) is 25.1 Å². The molecule has 0 fully saturated rings. The molecule has 0 aliphatic carbocycles. The van der Waals surface area contributed by atoms with E-state index >= 15 is 0 Å². The van der Waals surface area contributed by atoms with Gasteiger partial charge in [0.15, 0.2) is 0 Å². The third-order valence-corrected chi connectivity index (χ3v) is 2.25. The molecule has 4 heteroatoms. The second-order valence-corrected chi connectivity index (χ2v) is 3.60. The standard InChI is InChI=1S/C14H14FNO2/c1-2-18-14(17)12(4-3-9-16)10-11-5-7-13(15)8-6-11/h5-8,10H,2-4H2,1H3/b12-10+. The van der Waals surface area contributed by atoms with Crippen LogP contribution in [0.25, 0.3) is 6.08 Å². The summed E-state index contributed by atoms with van der Waals surface area (Å²) >= 11 is 0. The van der Waals surface area contributed by atoms with Crippen molar-refractivity contribution in [3.05, 3.63) is 41.2 Å². The van der Waals surface area contributed by atoms with Crippen molar-refractivity contribution in [3.8, 4) is 6.07 Å². The first-order valence-corrected chi connectivity index (χ1v) is 5.67. The van der Waals surface area contributed by atoms with Crippen molar-refractivity contribution in [2.24, 2.45) is 0 Å². The van der Waals surface area contributed by atoms with Crippen LogP contribution in [0.1, 0.15) is 25.3 Å². The maximum atomic E-state index is 12.8. The van der Waals surface area contributed by atoms with E-state index in [4.69, 9.17) is 10.00 Å². The Morgan fingerprint density at radius 3 is 2.67 bits per heavy atom. The zero-order valence-corrected chi connectivity index (χ0v) is 10.1. The summed E-state index contributed by atoms with van der Waals surface area (Å²) in [6.45, 7) is 2.00. The number of ether oxygens (including phenoxy) is 1. The van der Waals surface area contributed by atoms with E-state index in [-0.39, 0.29) is 18.8 Å². The molecule has 0 atom stereocenters. The van der Waals surface area contributed by atoms with Crippen molar-refractivity contribution in [3.63, 3.8) is 0 Å². The van der Waals surface area contributed by atoms with E-state index in [1.165, 1.54) is 12.1 Å². The van der Waals surface area contributed by atoms with E-state index in [1.807, 2.05) is 6.07 Å². The number of hydrogen-bond donors (Lipinski definition) is 0. The number of carbonyl (C=O) groups is 1. The van der Waals surface area contributed by atoms with Gasteiger partial charge in [-0.2, -0.15) is 5.26 Å². The monoisotopic (exact) mass is 247 g/mol. The summed E-state index contributed by atoms with van der Waals surface area (Å²) < 4.78 is 17.7. The lowest BCUT2D eigenvalue weighted by atomic mass is 10.1. The van der Waals surface area contributed by atoms with Gasteiger partial charge in [-0.15, -0.1) is 0 Å². The van der Waals surface area contributed by atoms with Gasteiger partial charge in [0.1, 0.15) is 5.82 Å². The predicted molar refractivity (Wildman–Crippen MR) is 65.9 cm³/mol. The second kappa shape index (κ2) is 7.23. The molecule has 0 heterocycles. The van der Waals surface area contributed by atoms with E-state index < -0.39 is 5.97 Å². The number of nitriles is 1.